The maximum Gasteiger partial charge on any atom is 0.303 e. The molecule has 2 atom stereocenters. The average Bonchev–Trinajstić information content (AvgIpc) is 2.69. The van der Waals surface area contributed by atoms with Crippen LogP contribution >= 0.6 is 0 Å². The van der Waals surface area contributed by atoms with Crippen molar-refractivity contribution in [3.63, 3.8) is 0 Å². The lowest BCUT2D eigenvalue weighted by atomic mass is 10.1. The molecule has 0 radical (unpaired) electrons. The van der Waals surface area contributed by atoms with Gasteiger partial charge >= 0.3 is 5.97 Å². The van der Waals surface area contributed by atoms with Crippen molar-refractivity contribution in [3.8, 4) is 0 Å². The normalized spacial score (nSPS) is 23.3. The molecule has 6 nitrogen and oxygen atoms in total. The van der Waals surface area contributed by atoms with E-state index in [2.05, 4.69) is 5.32 Å². The molecule has 0 bridgehead atoms. The number of hydrogen-bond acceptors (Lipinski definition) is 4. The van der Waals surface area contributed by atoms with Gasteiger partial charge in [-0.1, -0.05) is 0 Å². The molecule has 1 saturated heterocycles. The number of rotatable bonds is 6. The Hall–Kier alpha value is -1.14. The van der Waals surface area contributed by atoms with Crippen molar-refractivity contribution in [2.45, 2.75) is 51.3 Å². The number of aliphatic hydroxyl groups excluding tert-OH is 1. The third-order valence-corrected chi connectivity index (χ3v) is 3.10. The smallest absolute Gasteiger partial charge is 0.303 e. The number of nitrogens with zero attached hydrogens (tertiary/aromatic N) is 1. The molecule has 1 aliphatic rings. The predicted molar refractivity (Wildman–Crippen MR) is 66.1 cm³/mol. The van der Waals surface area contributed by atoms with Crippen LogP contribution in [0.1, 0.15) is 33.1 Å². The first-order valence-corrected chi connectivity index (χ1v) is 6.35. The van der Waals surface area contributed by atoms with Gasteiger partial charge in [-0.15, -0.1) is 0 Å². The Morgan fingerprint density at radius 1 is 1.44 bits per heavy atom. The van der Waals surface area contributed by atoms with E-state index in [0.29, 0.717) is 25.9 Å². The highest BCUT2D eigenvalue weighted by atomic mass is 16.4. The molecule has 0 spiro atoms. The maximum absolute atomic E-state index is 12.2. The zero-order chi connectivity index (χ0) is 13.7. The third-order valence-electron chi connectivity index (χ3n) is 3.10. The molecule has 0 aromatic carbocycles. The van der Waals surface area contributed by atoms with Gasteiger partial charge in [-0.05, 0) is 26.7 Å². The van der Waals surface area contributed by atoms with Gasteiger partial charge in [-0.25, -0.2) is 0 Å². The summed E-state index contributed by atoms with van der Waals surface area (Å²) in [6.07, 6.45) is 0.485. The molecular formula is C12H22N2O4. The highest BCUT2D eigenvalue weighted by molar-refractivity contribution is 5.82. The molecule has 1 fully saturated rings. The first-order valence-electron chi connectivity index (χ1n) is 6.35. The Morgan fingerprint density at radius 2 is 2.11 bits per heavy atom. The summed E-state index contributed by atoms with van der Waals surface area (Å²) < 4.78 is 0. The first-order chi connectivity index (χ1) is 8.41. The number of β-amino-alcohol motifs (C(OH)–C–C–N with tert-alkyl or cyclic N) is 1. The molecule has 1 amide bonds. The van der Waals surface area contributed by atoms with Crippen LogP contribution < -0.4 is 5.32 Å². The molecule has 0 aromatic rings. The summed E-state index contributed by atoms with van der Waals surface area (Å²) in [6, 6.07) is -0.307. The van der Waals surface area contributed by atoms with Crippen LogP contribution in [-0.4, -0.2) is 58.3 Å². The molecule has 18 heavy (non-hydrogen) atoms. The highest BCUT2D eigenvalue weighted by Crippen LogP contribution is 2.12. The maximum atomic E-state index is 12.2. The fourth-order valence-corrected chi connectivity index (χ4v) is 2.13. The molecule has 104 valence electrons. The molecule has 0 saturated carbocycles. The Labute approximate surface area is 107 Å². The van der Waals surface area contributed by atoms with Gasteiger partial charge < -0.3 is 20.4 Å². The summed E-state index contributed by atoms with van der Waals surface area (Å²) in [5.41, 5.74) is 0. The van der Waals surface area contributed by atoms with Gasteiger partial charge in [0.15, 0.2) is 0 Å². The predicted octanol–water partition coefficient (Wildman–Crippen LogP) is -0.189. The van der Waals surface area contributed by atoms with E-state index in [0.717, 1.165) is 0 Å². The molecule has 1 heterocycles. The van der Waals surface area contributed by atoms with Crippen LogP contribution in [0.5, 0.6) is 0 Å². The van der Waals surface area contributed by atoms with Crippen molar-refractivity contribution >= 4 is 11.9 Å². The van der Waals surface area contributed by atoms with E-state index in [1.165, 1.54) is 0 Å². The van der Waals surface area contributed by atoms with Crippen LogP contribution in [0.4, 0.5) is 0 Å². The lowest BCUT2D eigenvalue weighted by molar-refractivity contribution is -0.139. The molecular weight excluding hydrogens is 236 g/mol. The lowest BCUT2D eigenvalue weighted by Crippen LogP contribution is -2.47. The number of carbonyl (C=O) groups is 2. The lowest BCUT2D eigenvalue weighted by Gasteiger charge is -2.29. The minimum absolute atomic E-state index is 0.0332. The van der Waals surface area contributed by atoms with E-state index in [9.17, 15) is 14.7 Å². The molecule has 1 aliphatic heterocycles. The molecule has 6 heteroatoms. The SMILES string of the molecule is CC(C)N(CCCC(=O)O)C(=O)C1CC(O)CN1. The fourth-order valence-electron chi connectivity index (χ4n) is 2.13. The van der Waals surface area contributed by atoms with E-state index >= 15 is 0 Å². The Morgan fingerprint density at radius 3 is 2.56 bits per heavy atom. The standard InChI is InChI=1S/C12H22N2O4/c1-8(2)14(5-3-4-11(16)17)12(18)10-6-9(15)7-13-10/h8-10,13,15H,3-7H2,1-2H3,(H,16,17). The summed E-state index contributed by atoms with van der Waals surface area (Å²) in [6.45, 7) is 4.70. The van der Waals surface area contributed by atoms with E-state index in [4.69, 9.17) is 5.11 Å². The summed E-state index contributed by atoms with van der Waals surface area (Å²) in [5.74, 6) is -0.896. The second kappa shape index (κ2) is 6.70. The van der Waals surface area contributed by atoms with Crippen LogP contribution in [-0.2, 0) is 9.59 Å². The van der Waals surface area contributed by atoms with Gasteiger partial charge in [0.1, 0.15) is 0 Å². The van der Waals surface area contributed by atoms with Crippen molar-refractivity contribution in [1.29, 1.82) is 0 Å². The van der Waals surface area contributed by atoms with Crippen molar-refractivity contribution in [3.05, 3.63) is 0 Å². The Kier molecular flexibility index (Phi) is 5.55. The quantitative estimate of drug-likeness (QED) is 0.614. The summed E-state index contributed by atoms with van der Waals surface area (Å²) in [5, 5.41) is 21.0. The molecule has 0 aromatic heterocycles. The molecule has 3 N–H and O–H groups in total. The largest absolute Gasteiger partial charge is 0.481 e. The van der Waals surface area contributed by atoms with Gasteiger partial charge in [0.2, 0.25) is 5.91 Å². The van der Waals surface area contributed by atoms with Gasteiger partial charge in [0.05, 0.1) is 12.1 Å². The number of amides is 1. The summed E-state index contributed by atoms with van der Waals surface area (Å²) in [7, 11) is 0. The van der Waals surface area contributed by atoms with E-state index in [-0.39, 0.29) is 24.4 Å². The Balaban J connectivity index is 2.50. The van der Waals surface area contributed by atoms with E-state index in [1.54, 1.807) is 4.90 Å². The summed E-state index contributed by atoms with van der Waals surface area (Å²) >= 11 is 0. The molecule has 1 rings (SSSR count). The molecule has 2 unspecified atom stereocenters. The topological polar surface area (TPSA) is 89.9 Å². The van der Waals surface area contributed by atoms with Crippen molar-refractivity contribution in [2.24, 2.45) is 0 Å². The highest BCUT2D eigenvalue weighted by Gasteiger charge is 2.32. The minimum Gasteiger partial charge on any atom is -0.481 e. The van der Waals surface area contributed by atoms with Crippen molar-refractivity contribution < 1.29 is 19.8 Å². The monoisotopic (exact) mass is 258 g/mol. The zero-order valence-electron chi connectivity index (χ0n) is 10.9. The van der Waals surface area contributed by atoms with Crippen LogP contribution in [0.15, 0.2) is 0 Å². The Bertz CT molecular complexity index is 306. The van der Waals surface area contributed by atoms with Gasteiger partial charge in [-0.2, -0.15) is 0 Å². The van der Waals surface area contributed by atoms with Crippen LogP contribution in [0, 0.1) is 0 Å². The number of carbonyl (C=O) groups excluding carboxylic acids is 1. The number of carboxylic acids is 1. The number of nitrogens with one attached hydrogen (secondary N) is 1. The number of carboxylic acid groups (broad SMARTS) is 1. The minimum atomic E-state index is -0.847. The fraction of sp³-hybridized carbons (Fsp3) is 0.833. The van der Waals surface area contributed by atoms with E-state index in [1.807, 2.05) is 13.8 Å². The van der Waals surface area contributed by atoms with Crippen LogP contribution in [0.2, 0.25) is 0 Å². The zero-order valence-corrected chi connectivity index (χ0v) is 10.9. The van der Waals surface area contributed by atoms with E-state index < -0.39 is 12.1 Å². The first kappa shape index (κ1) is 14.9. The number of aliphatic carboxylic acids is 1. The second-order valence-electron chi connectivity index (χ2n) is 4.97. The summed E-state index contributed by atoms with van der Waals surface area (Å²) in [4.78, 5) is 24.4. The number of hydrogen-bond donors (Lipinski definition) is 3. The van der Waals surface area contributed by atoms with Crippen LogP contribution in [0.25, 0.3) is 0 Å². The van der Waals surface area contributed by atoms with Crippen LogP contribution in [0.3, 0.4) is 0 Å². The van der Waals surface area contributed by atoms with Gasteiger partial charge in [0, 0.05) is 25.6 Å². The second-order valence-corrected chi connectivity index (χ2v) is 4.97. The number of aliphatic hydroxyl groups is 1. The molecule has 0 aliphatic carbocycles. The van der Waals surface area contributed by atoms with Gasteiger partial charge in [0.25, 0.3) is 0 Å². The third kappa shape index (κ3) is 4.27. The van der Waals surface area contributed by atoms with Gasteiger partial charge in [-0.3, -0.25) is 9.59 Å². The van der Waals surface area contributed by atoms with Crippen molar-refractivity contribution in [2.75, 3.05) is 13.1 Å². The average molecular weight is 258 g/mol. The van der Waals surface area contributed by atoms with Crippen molar-refractivity contribution in [1.82, 2.24) is 10.2 Å².